The molecular weight excluding hydrogens is 196 g/mol. The third-order valence-electron chi connectivity index (χ3n) is 3.26. The van der Waals surface area contributed by atoms with E-state index in [4.69, 9.17) is 0 Å². The molecule has 0 amide bonds. The largest absolute Gasteiger partial charge is 0.355 e. The van der Waals surface area contributed by atoms with Gasteiger partial charge in [0.2, 0.25) is 0 Å². The van der Waals surface area contributed by atoms with Crippen molar-refractivity contribution >= 4 is 5.69 Å². The molecule has 0 aliphatic carbocycles. The Morgan fingerprint density at radius 3 is 2.69 bits per heavy atom. The van der Waals surface area contributed by atoms with E-state index >= 15 is 0 Å². The quantitative estimate of drug-likeness (QED) is 0.618. The van der Waals surface area contributed by atoms with E-state index in [0.29, 0.717) is 5.92 Å². The molecule has 0 unspecified atom stereocenters. The van der Waals surface area contributed by atoms with Gasteiger partial charge in [0.05, 0.1) is 6.07 Å². The number of allylic oxidation sites excluding steroid dienone is 1. The number of anilines is 1. The van der Waals surface area contributed by atoms with Gasteiger partial charge in [-0.1, -0.05) is 31.2 Å². The Morgan fingerprint density at radius 1 is 1.31 bits per heavy atom. The molecule has 1 aromatic rings. The van der Waals surface area contributed by atoms with Crippen LogP contribution in [0.15, 0.2) is 35.9 Å². The maximum atomic E-state index is 9.24. The fourth-order valence-electron chi connectivity index (χ4n) is 2.40. The number of hydrogen-bond donors (Lipinski definition) is 0. The summed E-state index contributed by atoms with van der Waals surface area (Å²) in [5.41, 5.74) is 3.59. The predicted octanol–water partition coefficient (Wildman–Crippen LogP) is 3.08. The molecule has 0 N–H and O–H groups in total. The van der Waals surface area contributed by atoms with Gasteiger partial charge in [-0.3, -0.25) is 0 Å². The van der Waals surface area contributed by atoms with Crippen molar-refractivity contribution in [3.63, 3.8) is 0 Å². The second kappa shape index (κ2) is 4.02. The summed E-state index contributed by atoms with van der Waals surface area (Å²) in [6.45, 7) is 4.21. The fourth-order valence-corrected chi connectivity index (χ4v) is 2.40. The third-order valence-corrected chi connectivity index (χ3v) is 3.26. The van der Waals surface area contributed by atoms with Crippen molar-refractivity contribution in [1.29, 1.82) is 5.26 Å². The van der Waals surface area contributed by atoms with Gasteiger partial charge in [0.15, 0.2) is 0 Å². The van der Waals surface area contributed by atoms with E-state index in [2.05, 4.69) is 42.2 Å². The van der Waals surface area contributed by atoms with Crippen LogP contribution >= 0.6 is 0 Å². The van der Waals surface area contributed by atoms with Crippen molar-refractivity contribution in [3.8, 4) is 6.07 Å². The number of nitrogens with zero attached hydrogens (tertiary/aromatic N) is 2. The van der Waals surface area contributed by atoms with Crippen LogP contribution in [0.5, 0.6) is 0 Å². The van der Waals surface area contributed by atoms with E-state index < -0.39 is 0 Å². The molecule has 1 aromatic carbocycles. The van der Waals surface area contributed by atoms with Crippen LogP contribution < -0.4 is 4.90 Å². The molecule has 2 rings (SSSR count). The van der Waals surface area contributed by atoms with Gasteiger partial charge < -0.3 is 4.90 Å². The van der Waals surface area contributed by atoms with E-state index in [0.717, 1.165) is 11.3 Å². The summed E-state index contributed by atoms with van der Waals surface area (Å²) in [4.78, 5) is 2.06. The molecule has 2 nitrogen and oxygen atoms in total. The first-order valence-electron chi connectivity index (χ1n) is 5.55. The highest BCUT2D eigenvalue weighted by atomic mass is 15.1. The second-order valence-electron chi connectivity index (χ2n) is 4.40. The van der Waals surface area contributed by atoms with Crippen molar-refractivity contribution in [2.24, 2.45) is 0 Å². The number of nitriles is 1. The summed E-state index contributed by atoms with van der Waals surface area (Å²) in [7, 11) is 1.99. The SMILES string of the molecule is CC1=C[C@H](C)c2ccccc2N(C)[C@H]1C#N. The molecule has 1 aliphatic heterocycles. The summed E-state index contributed by atoms with van der Waals surface area (Å²) in [6.07, 6.45) is 2.19. The molecule has 0 aromatic heterocycles. The molecule has 82 valence electrons. The lowest BCUT2D eigenvalue weighted by molar-refractivity contribution is 0.861. The first-order valence-corrected chi connectivity index (χ1v) is 5.55. The molecule has 0 fully saturated rings. The highest BCUT2D eigenvalue weighted by Gasteiger charge is 2.24. The Bertz CT molecular complexity index is 468. The standard InChI is InChI=1S/C14H16N2/c1-10-8-11(2)14(9-15)16(3)13-7-5-4-6-12(10)13/h4-8,10,14H,1-3H3/t10-,14-/m0/s1. The number of fused-ring (bicyclic) bond motifs is 1. The van der Waals surface area contributed by atoms with Gasteiger partial charge in [0, 0.05) is 18.7 Å². The number of para-hydroxylation sites is 1. The van der Waals surface area contributed by atoms with Gasteiger partial charge in [0.25, 0.3) is 0 Å². The minimum atomic E-state index is -0.147. The first kappa shape index (κ1) is 10.8. The van der Waals surface area contributed by atoms with Crippen LogP contribution in [0.1, 0.15) is 25.3 Å². The van der Waals surface area contributed by atoms with Crippen LogP contribution in [-0.2, 0) is 0 Å². The average molecular weight is 212 g/mol. The van der Waals surface area contributed by atoms with Crippen molar-refractivity contribution < 1.29 is 0 Å². The summed E-state index contributed by atoms with van der Waals surface area (Å²) in [5, 5.41) is 9.24. The maximum absolute atomic E-state index is 9.24. The summed E-state index contributed by atoms with van der Waals surface area (Å²) in [6, 6.07) is 10.5. The second-order valence-corrected chi connectivity index (χ2v) is 4.40. The molecule has 0 radical (unpaired) electrons. The molecule has 0 saturated heterocycles. The molecule has 1 heterocycles. The van der Waals surface area contributed by atoms with Gasteiger partial charge in [-0.05, 0) is 24.1 Å². The Balaban J connectivity index is 2.59. The zero-order valence-corrected chi connectivity index (χ0v) is 9.94. The number of rotatable bonds is 0. The molecule has 0 spiro atoms. The van der Waals surface area contributed by atoms with Gasteiger partial charge in [-0.15, -0.1) is 0 Å². The predicted molar refractivity (Wildman–Crippen MR) is 66.4 cm³/mol. The minimum absolute atomic E-state index is 0.147. The van der Waals surface area contributed by atoms with E-state index in [9.17, 15) is 5.26 Å². The number of likely N-dealkylation sites (N-methyl/N-ethyl adjacent to an activating group) is 1. The number of benzene rings is 1. The first-order chi connectivity index (χ1) is 7.65. The van der Waals surface area contributed by atoms with Gasteiger partial charge in [0.1, 0.15) is 6.04 Å². The highest BCUT2D eigenvalue weighted by Crippen LogP contribution is 2.34. The molecule has 0 saturated carbocycles. The van der Waals surface area contributed by atoms with Crippen LogP contribution in [0.4, 0.5) is 5.69 Å². The maximum Gasteiger partial charge on any atom is 0.138 e. The van der Waals surface area contributed by atoms with Crippen molar-refractivity contribution in [2.45, 2.75) is 25.8 Å². The van der Waals surface area contributed by atoms with Gasteiger partial charge >= 0.3 is 0 Å². The third kappa shape index (κ3) is 1.59. The Kier molecular flexibility index (Phi) is 2.70. The highest BCUT2D eigenvalue weighted by molar-refractivity contribution is 5.60. The van der Waals surface area contributed by atoms with Crippen LogP contribution in [-0.4, -0.2) is 13.1 Å². The molecule has 16 heavy (non-hydrogen) atoms. The minimum Gasteiger partial charge on any atom is -0.355 e. The monoisotopic (exact) mass is 212 g/mol. The van der Waals surface area contributed by atoms with Gasteiger partial charge in [-0.25, -0.2) is 0 Å². The van der Waals surface area contributed by atoms with Gasteiger partial charge in [-0.2, -0.15) is 5.26 Å². The molecular formula is C14H16N2. The van der Waals surface area contributed by atoms with Crippen LogP contribution in [0.2, 0.25) is 0 Å². The lowest BCUT2D eigenvalue weighted by atomic mass is 9.98. The number of hydrogen-bond acceptors (Lipinski definition) is 2. The zero-order chi connectivity index (χ0) is 11.7. The van der Waals surface area contributed by atoms with E-state index in [1.165, 1.54) is 5.56 Å². The summed E-state index contributed by atoms with van der Waals surface area (Å²) < 4.78 is 0. The zero-order valence-electron chi connectivity index (χ0n) is 9.94. The lowest BCUT2D eigenvalue weighted by Crippen LogP contribution is -2.30. The summed E-state index contributed by atoms with van der Waals surface area (Å²) in [5.74, 6) is 0.372. The van der Waals surface area contributed by atoms with E-state index in [1.807, 2.05) is 20.0 Å². The Labute approximate surface area is 96.8 Å². The van der Waals surface area contributed by atoms with Crippen LogP contribution in [0.3, 0.4) is 0 Å². The van der Waals surface area contributed by atoms with Crippen LogP contribution in [0.25, 0.3) is 0 Å². The van der Waals surface area contributed by atoms with Crippen molar-refractivity contribution in [2.75, 3.05) is 11.9 Å². The lowest BCUT2D eigenvalue weighted by Gasteiger charge is -2.25. The Morgan fingerprint density at radius 2 is 2.00 bits per heavy atom. The fraction of sp³-hybridized carbons (Fsp3) is 0.357. The Hall–Kier alpha value is -1.75. The van der Waals surface area contributed by atoms with E-state index in [-0.39, 0.29) is 6.04 Å². The topological polar surface area (TPSA) is 27.0 Å². The normalized spacial score (nSPS) is 24.1. The van der Waals surface area contributed by atoms with Crippen molar-refractivity contribution in [1.82, 2.24) is 0 Å². The van der Waals surface area contributed by atoms with E-state index in [1.54, 1.807) is 0 Å². The average Bonchev–Trinajstić information content (AvgIpc) is 2.37. The molecule has 0 bridgehead atoms. The van der Waals surface area contributed by atoms with Crippen molar-refractivity contribution in [3.05, 3.63) is 41.5 Å². The molecule has 1 aliphatic rings. The smallest absolute Gasteiger partial charge is 0.138 e. The molecule has 2 heteroatoms. The molecule has 2 atom stereocenters. The van der Waals surface area contributed by atoms with Crippen LogP contribution in [0, 0.1) is 11.3 Å². The summed E-state index contributed by atoms with van der Waals surface area (Å²) >= 11 is 0.